The molecular weight excluding hydrogens is 1280 g/mol. The summed E-state index contributed by atoms with van der Waals surface area (Å²) in [5.41, 5.74) is 20.7. The summed E-state index contributed by atoms with van der Waals surface area (Å²) in [6.45, 7) is 0. The standard InChI is InChI=1S/C44H27N3S.C23H14S.C22H15BrN2/c1-3-13-28(14-4-1)29-23-25-31(26-24-29)37-27-36(30-15-5-2-6-16-30)45-44(46-37)47-38-21-11-9-19-34(38)40-32-17-7-8-18-33(32)41-35-20-10-12-22-39(35)48-43(41)42(40)47;1-2-8-15-14(7-1)13-19-21(15)16-9-3-4-10-17(16)22-18-11-5-6-12-20(18)24-23(19)22;23-22-24-20(18-9-5-2-6-10-18)15-21(25-22)19-13-11-17(12-14-19)16-7-3-1-4-8-16/h1-27H;1-12H,13H2;1-15H. The van der Waals surface area contributed by atoms with Crippen molar-refractivity contribution in [1.82, 2.24) is 24.5 Å². The van der Waals surface area contributed by atoms with Gasteiger partial charge in [0.2, 0.25) is 5.95 Å². The summed E-state index contributed by atoms with van der Waals surface area (Å²) in [6.07, 6.45) is 1.06. The van der Waals surface area contributed by atoms with Gasteiger partial charge in [0.05, 0.1) is 38.5 Å². The number of aromatic nitrogens is 5. The summed E-state index contributed by atoms with van der Waals surface area (Å²) in [7, 11) is 0. The van der Waals surface area contributed by atoms with Crippen LogP contribution in [0.2, 0.25) is 0 Å². The Hall–Kier alpha value is -11.5. The fraction of sp³-hybridized carbons (Fsp3) is 0.0112. The summed E-state index contributed by atoms with van der Waals surface area (Å²) in [6, 6.07) is 116. The molecule has 20 rings (SSSR count). The Morgan fingerprint density at radius 1 is 0.299 bits per heavy atom. The zero-order valence-corrected chi connectivity index (χ0v) is 55.5. The van der Waals surface area contributed by atoms with Gasteiger partial charge in [0.1, 0.15) is 0 Å². The fourth-order valence-electron chi connectivity index (χ4n) is 14.3. The maximum atomic E-state index is 5.37. The minimum atomic E-state index is 0.594. The van der Waals surface area contributed by atoms with Crippen molar-refractivity contribution in [1.29, 1.82) is 0 Å². The van der Waals surface area contributed by atoms with Gasteiger partial charge >= 0.3 is 0 Å². The van der Waals surface area contributed by atoms with Crippen LogP contribution < -0.4 is 0 Å². The molecule has 1 aliphatic rings. The number of thiophene rings is 2. The highest BCUT2D eigenvalue weighted by atomic mass is 79.9. The lowest BCUT2D eigenvalue weighted by molar-refractivity contribution is 0.998. The molecule has 0 saturated carbocycles. The van der Waals surface area contributed by atoms with Crippen molar-refractivity contribution in [3.8, 4) is 84.4 Å². The number of hydrogen-bond donors (Lipinski definition) is 0. The van der Waals surface area contributed by atoms with Crippen LogP contribution in [-0.4, -0.2) is 24.5 Å². The molecule has 0 spiro atoms. The molecule has 0 saturated heterocycles. The summed E-state index contributed by atoms with van der Waals surface area (Å²) < 4.78 is 8.30. The molecule has 0 radical (unpaired) electrons. The molecule has 1 aliphatic carbocycles. The maximum absolute atomic E-state index is 5.37. The van der Waals surface area contributed by atoms with Crippen molar-refractivity contribution in [3.05, 3.63) is 343 Å². The first-order chi connectivity index (χ1) is 48.0. The number of halogens is 1. The van der Waals surface area contributed by atoms with Crippen LogP contribution in [0, 0.1) is 0 Å². The third-order valence-corrected chi connectivity index (χ3v) is 21.5. The second kappa shape index (κ2) is 24.7. The minimum absolute atomic E-state index is 0.594. The lowest BCUT2D eigenvalue weighted by Crippen LogP contribution is -2.04. The third kappa shape index (κ3) is 10.5. The van der Waals surface area contributed by atoms with Crippen LogP contribution in [0.25, 0.3) is 168 Å². The smallest absolute Gasteiger partial charge is 0.235 e. The van der Waals surface area contributed by atoms with Gasteiger partial charge in [0.15, 0.2) is 4.73 Å². The highest BCUT2D eigenvalue weighted by molar-refractivity contribution is 9.10. The van der Waals surface area contributed by atoms with Gasteiger partial charge in [-0.15, -0.1) is 22.7 Å². The van der Waals surface area contributed by atoms with E-state index in [1.165, 1.54) is 117 Å². The summed E-state index contributed by atoms with van der Waals surface area (Å²) in [5.74, 6) is 0.665. The Balaban J connectivity index is 0.000000117. The lowest BCUT2D eigenvalue weighted by atomic mass is 9.94. The monoisotopic (exact) mass is 1340 g/mol. The van der Waals surface area contributed by atoms with Crippen LogP contribution in [0.15, 0.2) is 332 Å². The van der Waals surface area contributed by atoms with E-state index in [9.17, 15) is 0 Å². The van der Waals surface area contributed by atoms with Crippen molar-refractivity contribution in [2.24, 2.45) is 0 Å². The van der Waals surface area contributed by atoms with Crippen molar-refractivity contribution in [3.63, 3.8) is 0 Å². The van der Waals surface area contributed by atoms with E-state index in [4.69, 9.17) is 9.97 Å². The molecule has 97 heavy (non-hydrogen) atoms. The fourth-order valence-corrected chi connectivity index (χ4v) is 17.2. The van der Waals surface area contributed by atoms with Gasteiger partial charge in [0, 0.05) is 75.1 Å². The normalized spacial score (nSPS) is 11.7. The number of benzene rings is 14. The average molecular weight is 1340 g/mol. The molecule has 0 bridgehead atoms. The van der Waals surface area contributed by atoms with E-state index >= 15 is 0 Å². The molecule has 14 aromatic carbocycles. The molecule has 0 N–H and O–H groups in total. The predicted molar refractivity (Wildman–Crippen MR) is 414 cm³/mol. The molecule has 19 aromatic rings. The zero-order chi connectivity index (χ0) is 64.3. The van der Waals surface area contributed by atoms with E-state index < -0.39 is 0 Å². The van der Waals surface area contributed by atoms with Crippen molar-refractivity contribution in [2.75, 3.05) is 0 Å². The molecule has 0 fully saturated rings. The molecule has 5 aromatic heterocycles. The summed E-state index contributed by atoms with van der Waals surface area (Å²) in [5, 5.41) is 13.2. The van der Waals surface area contributed by atoms with E-state index in [1.807, 2.05) is 59.1 Å². The van der Waals surface area contributed by atoms with E-state index in [1.54, 1.807) is 0 Å². The Morgan fingerprint density at radius 2 is 0.660 bits per heavy atom. The summed E-state index contributed by atoms with van der Waals surface area (Å²) in [4.78, 5) is 19.7. The Morgan fingerprint density at radius 3 is 1.20 bits per heavy atom. The SMILES string of the molecule is Brc1nc(-c2ccccc2)cc(-c2ccc(-c3ccccc3)cc2)n1.c1ccc(-c2ccc(-c3cc(-c4ccccc4)nc(-n4c5ccccc5c5c6ccccc6c6c7ccccc7sc6c54)n3)cc2)cc1.c1ccc2c(c1)Cc1c-2c2ccccc2c2c1sc1ccccc12. The topological polar surface area (TPSA) is 56.5 Å². The van der Waals surface area contributed by atoms with E-state index in [0.29, 0.717) is 10.7 Å². The van der Waals surface area contributed by atoms with Gasteiger partial charge in [0.25, 0.3) is 0 Å². The number of para-hydroxylation sites is 1. The molecule has 0 amide bonds. The highest BCUT2D eigenvalue weighted by Crippen LogP contribution is 2.51. The van der Waals surface area contributed by atoms with Crippen LogP contribution >= 0.6 is 38.6 Å². The molecule has 0 unspecified atom stereocenters. The zero-order valence-electron chi connectivity index (χ0n) is 52.3. The van der Waals surface area contributed by atoms with Gasteiger partial charge < -0.3 is 0 Å². The quantitative estimate of drug-likeness (QED) is 0.149. The van der Waals surface area contributed by atoms with Gasteiger partial charge in [-0.25, -0.2) is 19.9 Å². The van der Waals surface area contributed by atoms with E-state index in [0.717, 1.165) is 62.5 Å². The number of nitrogens with zero attached hydrogens (tertiary/aromatic N) is 5. The number of fused-ring (bicyclic) bond motifs is 20. The van der Waals surface area contributed by atoms with Gasteiger partial charge in [-0.1, -0.05) is 297 Å². The van der Waals surface area contributed by atoms with Crippen LogP contribution in [0.1, 0.15) is 11.1 Å². The predicted octanol–water partition coefficient (Wildman–Crippen LogP) is 25.1. The highest BCUT2D eigenvalue weighted by Gasteiger charge is 2.27. The Kier molecular flexibility index (Phi) is 14.8. The minimum Gasteiger partial charge on any atom is -0.276 e. The molecule has 0 aliphatic heterocycles. The number of rotatable bonds is 7. The first-order valence-electron chi connectivity index (χ1n) is 32.6. The van der Waals surface area contributed by atoms with Gasteiger partial charge in [-0.3, -0.25) is 4.57 Å². The molecule has 8 heteroatoms. The van der Waals surface area contributed by atoms with E-state index in [-0.39, 0.29) is 0 Å². The largest absolute Gasteiger partial charge is 0.276 e. The van der Waals surface area contributed by atoms with Crippen LogP contribution in [-0.2, 0) is 6.42 Å². The van der Waals surface area contributed by atoms with Gasteiger partial charge in [-0.05, 0) is 112 Å². The van der Waals surface area contributed by atoms with Crippen LogP contribution in [0.3, 0.4) is 0 Å². The molecule has 456 valence electrons. The summed E-state index contributed by atoms with van der Waals surface area (Å²) >= 11 is 7.24. The van der Waals surface area contributed by atoms with Crippen molar-refractivity contribution < 1.29 is 0 Å². The molecule has 5 nitrogen and oxygen atoms in total. The van der Waals surface area contributed by atoms with Crippen LogP contribution in [0.4, 0.5) is 0 Å². The molecule has 0 atom stereocenters. The number of hydrogen-bond acceptors (Lipinski definition) is 6. The third-order valence-electron chi connectivity index (χ3n) is 18.8. The van der Waals surface area contributed by atoms with Crippen molar-refractivity contribution in [2.45, 2.75) is 6.42 Å². The second-order valence-electron chi connectivity index (χ2n) is 24.4. The molecular formula is C89H56BrN5S2. The van der Waals surface area contributed by atoms with Crippen molar-refractivity contribution >= 4 is 122 Å². The van der Waals surface area contributed by atoms with E-state index in [2.05, 4.69) is 322 Å². The Bertz CT molecular complexity index is 6210. The first-order valence-corrected chi connectivity index (χ1v) is 35.0. The van der Waals surface area contributed by atoms with Crippen LogP contribution in [0.5, 0.6) is 0 Å². The second-order valence-corrected chi connectivity index (χ2v) is 27.2. The average Bonchev–Trinajstić information content (AvgIpc) is 1.57. The first kappa shape index (κ1) is 58.1. The lowest BCUT2D eigenvalue weighted by Gasteiger charge is -2.13. The maximum Gasteiger partial charge on any atom is 0.235 e. The molecule has 5 heterocycles. The van der Waals surface area contributed by atoms with Gasteiger partial charge in [-0.2, -0.15) is 0 Å². The Labute approximate surface area is 576 Å².